The zero-order valence-electron chi connectivity index (χ0n) is 6.88. The molecule has 2 aliphatic rings. The Labute approximate surface area is 75.6 Å². The molecule has 0 radical (unpaired) electrons. The highest BCUT2D eigenvalue weighted by Crippen LogP contribution is 2.29. The summed E-state index contributed by atoms with van der Waals surface area (Å²) in [4.78, 5) is 12.5. The van der Waals surface area contributed by atoms with Gasteiger partial charge >= 0.3 is 0 Å². The average molecular weight is 169 g/mol. The summed E-state index contributed by atoms with van der Waals surface area (Å²) >= 11 is 0. The first-order valence-electron chi connectivity index (χ1n) is 4.17. The molecule has 1 aliphatic heterocycles. The lowest BCUT2D eigenvalue weighted by atomic mass is 9.99. The fourth-order valence-corrected chi connectivity index (χ4v) is 1.66. The van der Waals surface area contributed by atoms with E-state index in [1.165, 1.54) is 5.57 Å². The molecule has 0 fully saturated rings. The van der Waals surface area contributed by atoms with Crippen LogP contribution in [0.3, 0.4) is 0 Å². The summed E-state index contributed by atoms with van der Waals surface area (Å²) in [5.41, 5.74) is 3.23. The predicted octanol–water partition coefficient (Wildman–Crippen LogP) is 1.23. The highest BCUT2D eigenvalue weighted by atomic mass is 14.9. The lowest BCUT2D eigenvalue weighted by Crippen LogP contribution is -2.11. The molecule has 0 aromatic carbocycles. The predicted molar refractivity (Wildman–Crippen MR) is 50.5 cm³/mol. The van der Waals surface area contributed by atoms with Crippen molar-refractivity contribution in [3.63, 3.8) is 0 Å². The molecule has 0 amide bonds. The first-order chi connectivity index (χ1) is 6.45. The van der Waals surface area contributed by atoms with Crippen molar-refractivity contribution >= 4 is 11.8 Å². The molecule has 13 heavy (non-hydrogen) atoms. The molecule has 0 bridgehead atoms. The van der Waals surface area contributed by atoms with E-state index in [4.69, 9.17) is 0 Å². The number of hydrogen-bond donors (Lipinski definition) is 0. The zero-order valence-corrected chi connectivity index (χ0v) is 6.88. The van der Waals surface area contributed by atoms with Crippen LogP contribution in [-0.4, -0.2) is 22.2 Å². The van der Waals surface area contributed by atoms with Crippen LogP contribution < -0.4 is 0 Å². The maximum absolute atomic E-state index is 4.36. The van der Waals surface area contributed by atoms with Crippen molar-refractivity contribution in [2.75, 3.05) is 0 Å². The summed E-state index contributed by atoms with van der Waals surface area (Å²) in [6.07, 6.45) is 11.4. The van der Waals surface area contributed by atoms with Crippen LogP contribution in [0.25, 0.3) is 5.57 Å². The lowest BCUT2D eigenvalue weighted by Gasteiger charge is -2.15. The SMILES string of the molecule is C1=CC2N=Cc3ncncc3C2=C1. The van der Waals surface area contributed by atoms with E-state index in [0.29, 0.717) is 0 Å². The second-order valence-electron chi connectivity index (χ2n) is 3.05. The molecule has 1 atom stereocenters. The van der Waals surface area contributed by atoms with Crippen molar-refractivity contribution < 1.29 is 0 Å². The van der Waals surface area contributed by atoms with Gasteiger partial charge in [0.25, 0.3) is 0 Å². The van der Waals surface area contributed by atoms with Crippen LogP contribution in [0, 0.1) is 0 Å². The summed E-state index contributed by atoms with van der Waals surface area (Å²) < 4.78 is 0. The number of hydrogen-bond acceptors (Lipinski definition) is 3. The van der Waals surface area contributed by atoms with Gasteiger partial charge in [-0.3, -0.25) is 4.99 Å². The van der Waals surface area contributed by atoms with Crippen LogP contribution in [0.4, 0.5) is 0 Å². The molecule has 0 N–H and O–H groups in total. The first-order valence-corrected chi connectivity index (χ1v) is 4.17. The average Bonchev–Trinajstić information content (AvgIpc) is 2.65. The lowest BCUT2D eigenvalue weighted by molar-refractivity contribution is 1.02. The minimum atomic E-state index is 0.193. The number of nitrogens with zero attached hydrogens (tertiary/aromatic N) is 3. The van der Waals surface area contributed by atoms with Gasteiger partial charge in [0.05, 0.1) is 11.7 Å². The highest BCUT2D eigenvalue weighted by Gasteiger charge is 2.21. The van der Waals surface area contributed by atoms with Crippen molar-refractivity contribution in [1.29, 1.82) is 0 Å². The molecule has 3 heteroatoms. The van der Waals surface area contributed by atoms with Gasteiger partial charge in [-0.1, -0.05) is 18.2 Å². The second kappa shape index (κ2) is 2.36. The van der Waals surface area contributed by atoms with Crippen LogP contribution in [0.5, 0.6) is 0 Å². The summed E-state index contributed by atoms with van der Waals surface area (Å²) in [5.74, 6) is 0. The minimum absolute atomic E-state index is 0.193. The van der Waals surface area contributed by atoms with Gasteiger partial charge in [0.2, 0.25) is 0 Å². The van der Waals surface area contributed by atoms with Gasteiger partial charge in [-0.25, -0.2) is 9.97 Å². The van der Waals surface area contributed by atoms with Gasteiger partial charge in [-0.15, -0.1) is 0 Å². The summed E-state index contributed by atoms with van der Waals surface area (Å²) in [5, 5.41) is 0. The molecule has 3 nitrogen and oxygen atoms in total. The van der Waals surface area contributed by atoms with E-state index in [0.717, 1.165) is 11.3 Å². The smallest absolute Gasteiger partial charge is 0.116 e. The topological polar surface area (TPSA) is 38.1 Å². The van der Waals surface area contributed by atoms with E-state index in [1.807, 2.05) is 18.5 Å². The van der Waals surface area contributed by atoms with Gasteiger partial charge in [0.1, 0.15) is 6.33 Å². The molecule has 0 spiro atoms. The quantitative estimate of drug-likeness (QED) is 0.585. The number of fused-ring (bicyclic) bond motifs is 3. The Kier molecular flexibility index (Phi) is 1.22. The van der Waals surface area contributed by atoms with Gasteiger partial charge < -0.3 is 0 Å². The van der Waals surface area contributed by atoms with Crippen LogP contribution >= 0.6 is 0 Å². The van der Waals surface area contributed by atoms with Gasteiger partial charge in [-0.2, -0.15) is 0 Å². The van der Waals surface area contributed by atoms with Crippen LogP contribution in [-0.2, 0) is 0 Å². The monoisotopic (exact) mass is 169 g/mol. The Hall–Kier alpha value is -1.77. The Morgan fingerprint density at radius 2 is 2.31 bits per heavy atom. The van der Waals surface area contributed by atoms with E-state index in [9.17, 15) is 0 Å². The standard InChI is InChI=1S/C10H7N3/c1-2-7-8-4-11-6-13-10(8)5-12-9(7)3-1/h1-6,9H. The van der Waals surface area contributed by atoms with E-state index < -0.39 is 0 Å². The summed E-state index contributed by atoms with van der Waals surface area (Å²) in [7, 11) is 0. The molecule has 1 aromatic heterocycles. The Morgan fingerprint density at radius 1 is 1.31 bits per heavy atom. The fraction of sp³-hybridized carbons (Fsp3) is 0.100. The van der Waals surface area contributed by atoms with E-state index >= 15 is 0 Å². The summed E-state index contributed by atoms with van der Waals surface area (Å²) in [6.45, 7) is 0. The second-order valence-corrected chi connectivity index (χ2v) is 3.05. The Morgan fingerprint density at radius 3 is 3.31 bits per heavy atom. The molecular weight excluding hydrogens is 162 g/mol. The van der Waals surface area contributed by atoms with E-state index in [1.54, 1.807) is 6.33 Å². The van der Waals surface area contributed by atoms with Crippen molar-refractivity contribution in [3.8, 4) is 0 Å². The molecule has 0 saturated heterocycles. The molecular formula is C10H7N3. The number of aliphatic imine (C=N–C) groups is 1. The molecule has 0 saturated carbocycles. The third kappa shape index (κ3) is 0.869. The summed E-state index contributed by atoms with van der Waals surface area (Å²) in [6, 6.07) is 0.193. The molecule has 2 heterocycles. The molecule has 3 rings (SSSR count). The molecule has 1 aliphatic carbocycles. The van der Waals surface area contributed by atoms with Crippen molar-refractivity contribution in [1.82, 2.24) is 9.97 Å². The van der Waals surface area contributed by atoms with Gasteiger partial charge in [0, 0.05) is 18.0 Å². The largest absolute Gasteiger partial charge is 0.279 e. The minimum Gasteiger partial charge on any atom is -0.279 e. The third-order valence-corrected chi connectivity index (χ3v) is 2.30. The molecule has 62 valence electrons. The van der Waals surface area contributed by atoms with Crippen LogP contribution in [0.2, 0.25) is 0 Å². The molecule has 1 aromatic rings. The van der Waals surface area contributed by atoms with E-state index in [2.05, 4.69) is 27.1 Å². The Bertz CT molecular complexity index is 443. The number of allylic oxidation sites excluding steroid dienone is 2. The molecule has 1 unspecified atom stereocenters. The number of rotatable bonds is 0. The van der Waals surface area contributed by atoms with Crippen LogP contribution in [0.15, 0.2) is 35.7 Å². The maximum Gasteiger partial charge on any atom is 0.116 e. The highest BCUT2D eigenvalue weighted by molar-refractivity contribution is 5.93. The Balaban J connectivity index is 2.25. The number of aromatic nitrogens is 2. The maximum atomic E-state index is 4.36. The first kappa shape index (κ1) is 6.71. The van der Waals surface area contributed by atoms with Gasteiger partial charge in [0.15, 0.2) is 0 Å². The van der Waals surface area contributed by atoms with Crippen molar-refractivity contribution in [3.05, 3.63) is 42.0 Å². The fourth-order valence-electron chi connectivity index (χ4n) is 1.66. The third-order valence-electron chi connectivity index (χ3n) is 2.30. The normalized spacial score (nSPS) is 22.5. The van der Waals surface area contributed by atoms with E-state index in [-0.39, 0.29) is 6.04 Å². The van der Waals surface area contributed by atoms with Gasteiger partial charge in [-0.05, 0) is 5.57 Å². The van der Waals surface area contributed by atoms with Crippen molar-refractivity contribution in [2.24, 2.45) is 4.99 Å². The van der Waals surface area contributed by atoms with Crippen molar-refractivity contribution in [2.45, 2.75) is 6.04 Å². The van der Waals surface area contributed by atoms with Crippen LogP contribution in [0.1, 0.15) is 11.3 Å². The zero-order chi connectivity index (χ0) is 8.67.